The highest BCUT2D eigenvalue weighted by Gasteiger charge is 2.18. The third-order valence-electron chi connectivity index (χ3n) is 3.16. The Morgan fingerprint density at radius 2 is 1.91 bits per heavy atom. The number of carbonyl (C=O) groups excluding carboxylic acids is 2. The summed E-state index contributed by atoms with van der Waals surface area (Å²) < 4.78 is 27.6. The van der Waals surface area contributed by atoms with E-state index in [1.54, 1.807) is 0 Å². The van der Waals surface area contributed by atoms with Crippen LogP contribution >= 0.6 is 11.6 Å². The van der Waals surface area contributed by atoms with Crippen molar-refractivity contribution in [3.05, 3.63) is 28.8 Å². The first-order chi connectivity index (χ1) is 10.7. The largest absolute Gasteiger partial charge is 0.452 e. The van der Waals surface area contributed by atoms with Gasteiger partial charge in [0.25, 0.3) is 5.91 Å². The molecule has 9 heteroatoms. The molecule has 0 bridgehead atoms. The fraction of sp³-hybridized carbons (Fsp3) is 0.429. The van der Waals surface area contributed by atoms with Crippen molar-refractivity contribution in [3.8, 4) is 0 Å². The zero-order valence-electron chi connectivity index (χ0n) is 12.8. The molecule has 0 aliphatic heterocycles. The first kappa shape index (κ1) is 19.4. The van der Waals surface area contributed by atoms with Gasteiger partial charge in [-0.3, -0.25) is 4.79 Å². The topological polar surface area (TPSA) is 116 Å². The van der Waals surface area contributed by atoms with Crippen molar-refractivity contribution in [2.45, 2.75) is 37.6 Å². The Morgan fingerprint density at radius 1 is 1.30 bits per heavy atom. The number of nitrogens with two attached hydrogens (primary N) is 1. The van der Waals surface area contributed by atoms with Gasteiger partial charge in [-0.1, -0.05) is 25.4 Å². The number of esters is 1. The van der Waals surface area contributed by atoms with Crippen LogP contribution in [0.15, 0.2) is 23.1 Å². The molecule has 0 radical (unpaired) electrons. The summed E-state index contributed by atoms with van der Waals surface area (Å²) in [5.74, 6) is -1.26. The standard InChI is InChI=1S/C14H19ClN2O5S/c1-3-10(4-2)17-13(18)8-22-14(19)9-5-6-11(15)12(7-9)23(16,20)21/h5-7,10H,3-4,8H2,1-2H3,(H,17,18)(H2,16,20,21). The molecule has 0 aliphatic rings. The maximum absolute atomic E-state index is 11.9. The smallest absolute Gasteiger partial charge is 0.338 e. The molecule has 0 heterocycles. The van der Waals surface area contributed by atoms with Gasteiger partial charge in [-0.2, -0.15) is 0 Å². The molecule has 0 unspecified atom stereocenters. The molecule has 3 N–H and O–H groups in total. The fourth-order valence-electron chi connectivity index (χ4n) is 1.82. The van der Waals surface area contributed by atoms with Crippen LogP contribution in [0.4, 0.5) is 0 Å². The van der Waals surface area contributed by atoms with E-state index in [4.69, 9.17) is 21.5 Å². The van der Waals surface area contributed by atoms with Gasteiger partial charge in [0.15, 0.2) is 6.61 Å². The van der Waals surface area contributed by atoms with Crippen molar-refractivity contribution in [1.29, 1.82) is 0 Å². The number of benzene rings is 1. The van der Waals surface area contributed by atoms with Crippen molar-refractivity contribution < 1.29 is 22.7 Å². The first-order valence-corrected chi connectivity index (χ1v) is 8.90. The van der Waals surface area contributed by atoms with Gasteiger partial charge in [0.05, 0.1) is 10.6 Å². The lowest BCUT2D eigenvalue weighted by Crippen LogP contribution is -2.36. The number of primary sulfonamides is 1. The number of hydrogen-bond donors (Lipinski definition) is 2. The van der Waals surface area contributed by atoms with Gasteiger partial charge in [0.1, 0.15) is 4.90 Å². The summed E-state index contributed by atoms with van der Waals surface area (Å²) in [4.78, 5) is 23.2. The lowest BCUT2D eigenvalue weighted by atomic mass is 10.2. The Bertz CT molecular complexity index is 686. The number of sulfonamides is 1. The van der Waals surface area contributed by atoms with E-state index >= 15 is 0 Å². The second kappa shape index (κ2) is 8.28. The summed E-state index contributed by atoms with van der Waals surface area (Å²) in [6.07, 6.45) is 1.54. The van der Waals surface area contributed by atoms with Gasteiger partial charge in [0.2, 0.25) is 10.0 Å². The van der Waals surface area contributed by atoms with Crippen LogP contribution in [-0.4, -0.2) is 32.9 Å². The van der Waals surface area contributed by atoms with Crippen molar-refractivity contribution in [2.24, 2.45) is 5.14 Å². The number of rotatable bonds is 7. The number of amides is 1. The molecule has 128 valence electrons. The molecule has 0 saturated heterocycles. The van der Waals surface area contributed by atoms with E-state index in [-0.39, 0.29) is 21.5 Å². The Labute approximate surface area is 140 Å². The average molecular weight is 363 g/mol. The number of ether oxygens (including phenoxy) is 1. The minimum Gasteiger partial charge on any atom is -0.452 e. The second-order valence-corrected chi connectivity index (χ2v) is 6.78. The van der Waals surface area contributed by atoms with E-state index in [1.165, 1.54) is 12.1 Å². The summed E-state index contributed by atoms with van der Waals surface area (Å²) in [5, 5.41) is 7.62. The molecule has 0 spiro atoms. The molecule has 0 aliphatic carbocycles. The molecule has 1 amide bonds. The van der Waals surface area contributed by atoms with Crippen LogP contribution in [0.2, 0.25) is 5.02 Å². The average Bonchev–Trinajstić information content (AvgIpc) is 2.49. The van der Waals surface area contributed by atoms with Crippen molar-refractivity contribution in [1.82, 2.24) is 5.32 Å². The molecule has 0 fully saturated rings. The van der Waals surface area contributed by atoms with Gasteiger partial charge >= 0.3 is 5.97 Å². The highest BCUT2D eigenvalue weighted by Crippen LogP contribution is 2.21. The highest BCUT2D eigenvalue weighted by atomic mass is 35.5. The van der Waals surface area contributed by atoms with Gasteiger partial charge in [-0.15, -0.1) is 0 Å². The molecular formula is C14H19ClN2O5S. The van der Waals surface area contributed by atoms with E-state index < -0.39 is 28.5 Å². The van der Waals surface area contributed by atoms with E-state index in [9.17, 15) is 18.0 Å². The molecule has 1 rings (SSSR count). The zero-order chi connectivity index (χ0) is 17.6. The Kier molecular flexibility index (Phi) is 6.99. The maximum Gasteiger partial charge on any atom is 0.338 e. The Hall–Kier alpha value is -1.64. The predicted molar refractivity (Wildman–Crippen MR) is 85.6 cm³/mol. The van der Waals surface area contributed by atoms with Crippen molar-refractivity contribution >= 4 is 33.5 Å². The highest BCUT2D eigenvalue weighted by molar-refractivity contribution is 7.89. The van der Waals surface area contributed by atoms with Crippen LogP contribution in [0.1, 0.15) is 37.0 Å². The summed E-state index contributed by atoms with van der Waals surface area (Å²) in [6.45, 7) is 3.41. The lowest BCUT2D eigenvalue weighted by Gasteiger charge is -2.14. The van der Waals surface area contributed by atoms with Crippen LogP contribution in [-0.2, 0) is 19.6 Å². The van der Waals surface area contributed by atoms with Crippen LogP contribution in [0.25, 0.3) is 0 Å². The molecule has 23 heavy (non-hydrogen) atoms. The van der Waals surface area contributed by atoms with Gasteiger partial charge < -0.3 is 10.1 Å². The summed E-state index contributed by atoms with van der Waals surface area (Å²) in [6, 6.07) is 3.55. The Balaban J connectivity index is 2.74. The molecular weight excluding hydrogens is 344 g/mol. The first-order valence-electron chi connectivity index (χ1n) is 6.97. The fourth-order valence-corrected chi connectivity index (χ4v) is 2.90. The van der Waals surface area contributed by atoms with E-state index in [1.807, 2.05) is 13.8 Å². The molecule has 7 nitrogen and oxygen atoms in total. The molecule has 0 saturated carbocycles. The van der Waals surface area contributed by atoms with Gasteiger partial charge in [0, 0.05) is 6.04 Å². The zero-order valence-corrected chi connectivity index (χ0v) is 14.4. The quantitative estimate of drug-likeness (QED) is 0.712. The third kappa shape index (κ3) is 5.81. The number of carbonyl (C=O) groups is 2. The third-order valence-corrected chi connectivity index (χ3v) is 4.55. The van der Waals surface area contributed by atoms with Crippen molar-refractivity contribution in [2.75, 3.05) is 6.61 Å². The van der Waals surface area contributed by atoms with E-state index in [2.05, 4.69) is 5.32 Å². The van der Waals surface area contributed by atoms with E-state index in [0.717, 1.165) is 18.9 Å². The van der Waals surface area contributed by atoms with Crippen LogP contribution in [0, 0.1) is 0 Å². The molecule has 0 aromatic heterocycles. The monoisotopic (exact) mass is 362 g/mol. The number of halogens is 1. The Morgan fingerprint density at radius 3 is 2.43 bits per heavy atom. The maximum atomic E-state index is 11.9. The van der Waals surface area contributed by atoms with Crippen molar-refractivity contribution in [3.63, 3.8) is 0 Å². The number of nitrogens with one attached hydrogen (secondary N) is 1. The molecule has 0 atom stereocenters. The summed E-state index contributed by atoms with van der Waals surface area (Å²) >= 11 is 5.73. The predicted octanol–water partition coefficient (Wildman–Crippen LogP) is 1.45. The lowest BCUT2D eigenvalue weighted by molar-refractivity contribution is -0.125. The van der Waals surface area contributed by atoms with Gasteiger partial charge in [-0.25, -0.2) is 18.4 Å². The minimum absolute atomic E-state index is 0.0192. The number of hydrogen-bond acceptors (Lipinski definition) is 5. The van der Waals surface area contributed by atoms with Crippen LogP contribution in [0.5, 0.6) is 0 Å². The summed E-state index contributed by atoms with van der Waals surface area (Å²) in [7, 11) is -4.06. The second-order valence-electron chi connectivity index (χ2n) is 4.85. The normalized spacial score (nSPS) is 11.3. The van der Waals surface area contributed by atoms with E-state index in [0.29, 0.717) is 0 Å². The molecule has 1 aromatic rings. The van der Waals surface area contributed by atoms with Crippen LogP contribution < -0.4 is 10.5 Å². The molecule has 1 aromatic carbocycles. The SMILES string of the molecule is CCC(CC)NC(=O)COC(=O)c1ccc(Cl)c(S(N)(=O)=O)c1. The minimum atomic E-state index is -4.06. The van der Waals surface area contributed by atoms with Crippen LogP contribution in [0.3, 0.4) is 0 Å². The summed E-state index contributed by atoms with van der Waals surface area (Å²) in [5.41, 5.74) is -0.0613. The van der Waals surface area contributed by atoms with Gasteiger partial charge in [-0.05, 0) is 31.0 Å².